The molecular formula is C18H9F3N6OS. The van der Waals surface area contributed by atoms with Crippen LogP contribution in [-0.4, -0.2) is 29.5 Å². The van der Waals surface area contributed by atoms with Crippen molar-refractivity contribution in [3.8, 4) is 10.7 Å². The minimum atomic E-state index is -1.25. The minimum Gasteiger partial charge on any atom is -0.317 e. The summed E-state index contributed by atoms with van der Waals surface area (Å²) in [5.41, 5.74) is 0.627. The SMILES string of the molecule is O=c1[nH]c2c(F)c(F)ccc2c(Cn2c(-c3cncs3)nc3nccnc32)c1F. The fraction of sp³-hybridized carbons (Fsp3) is 0.0556. The number of halogens is 3. The van der Waals surface area contributed by atoms with E-state index < -0.39 is 28.5 Å². The lowest BCUT2D eigenvalue weighted by atomic mass is 10.1. The molecular weight excluding hydrogens is 405 g/mol. The lowest BCUT2D eigenvalue weighted by Gasteiger charge is -2.12. The molecule has 1 aromatic carbocycles. The molecule has 0 aliphatic rings. The van der Waals surface area contributed by atoms with Crippen LogP contribution in [0.15, 0.2) is 41.0 Å². The van der Waals surface area contributed by atoms with Crippen LogP contribution >= 0.6 is 11.3 Å². The number of fused-ring (bicyclic) bond motifs is 2. The molecule has 5 rings (SSSR count). The Kier molecular flexibility index (Phi) is 3.91. The van der Waals surface area contributed by atoms with Gasteiger partial charge in [-0.25, -0.2) is 28.1 Å². The highest BCUT2D eigenvalue weighted by molar-refractivity contribution is 7.13. The topological polar surface area (TPSA) is 89.4 Å². The molecule has 0 aliphatic carbocycles. The zero-order valence-corrected chi connectivity index (χ0v) is 15.2. The second kappa shape index (κ2) is 6.48. The van der Waals surface area contributed by atoms with E-state index in [2.05, 4.69) is 24.9 Å². The Bertz CT molecular complexity index is 1440. The van der Waals surface area contributed by atoms with Crippen molar-refractivity contribution in [1.82, 2.24) is 29.5 Å². The molecule has 0 amide bonds. The van der Waals surface area contributed by atoms with Gasteiger partial charge >= 0.3 is 0 Å². The standard InChI is InChI=1S/C18H9F3N6OS/c19-10-2-1-8-9(12(20)18(28)25-14(8)13(10)21)6-27-16(11-5-22-7-29-11)26-15-17(27)24-4-3-23-15/h1-5,7H,6H2,(H,25,28). The smallest absolute Gasteiger partial charge is 0.284 e. The molecule has 0 saturated heterocycles. The normalized spacial score (nSPS) is 11.6. The van der Waals surface area contributed by atoms with Crippen LogP contribution in [0, 0.1) is 17.5 Å². The van der Waals surface area contributed by atoms with Crippen molar-refractivity contribution < 1.29 is 13.2 Å². The number of hydrogen-bond donors (Lipinski definition) is 1. The number of pyridine rings is 1. The Hall–Kier alpha value is -3.60. The number of imidazole rings is 1. The number of aromatic nitrogens is 6. The van der Waals surface area contributed by atoms with Gasteiger partial charge in [-0.1, -0.05) is 0 Å². The molecule has 0 fully saturated rings. The molecule has 144 valence electrons. The first kappa shape index (κ1) is 17.5. The number of nitrogens with one attached hydrogen (secondary N) is 1. The van der Waals surface area contributed by atoms with Crippen molar-refractivity contribution in [2.75, 3.05) is 0 Å². The fourth-order valence-corrected chi connectivity index (χ4v) is 3.80. The number of hydrogen-bond acceptors (Lipinski definition) is 6. The van der Waals surface area contributed by atoms with E-state index in [4.69, 9.17) is 0 Å². The van der Waals surface area contributed by atoms with Crippen LogP contribution in [0.25, 0.3) is 32.9 Å². The molecule has 5 aromatic rings. The summed E-state index contributed by atoms with van der Waals surface area (Å²) in [5.74, 6) is -3.07. The van der Waals surface area contributed by atoms with Crippen LogP contribution in [0.4, 0.5) is 13.2 Å². The van der Waals surface area contributed by atoms with Crippen molar-refractivity contribution in [3.63, 3.8) is 0 Å². The predicted octanol–water partition coefficient (Wildman–Crippen LogP) is 3.26. The number of H-pyrrole nitrogens is 1. The first-order chi connectivity index (χ1) is 14.0. The van der Waals surface area contributed by atoms with Gasteiger partial charge in [0.1, 0.15) is 0 Å². The first-order valence-electron chi connectivity index (χ1n) is 8.29. The van der Waals surface area contributed by atoms with Gasteiger partial charge in [-0.15, -0.1) is 11.3 Å². The Balaban J connectivity index is 1.80. The van der Waals surface area contributed by atoms with Crippen LogP contribution in [0.3, 0.4) is 0 Å². The van der Waals surface area contributed by atoms with Gasteiger partial charge in [-0.2, -0.15) is 0 Å². The van der Waals surface area contributed by atoms with Crippen molar-refractivity contribution in [2.45, 2.75) is 6.54 Å². The highest BCUT2D eigenvalue weighted by Crippen LogP contribution is 2.29. The second-order valence-corrected chi connectivity index (χ2v) is 7.01. The predicted molar refractivity (Wildman–Crippen MR) is 100.0 cm³/mol. The maximum absolute atomic E-state index is 14.8. The summed E-state index contributed by atoms with van der Waals surface area (Å²) < 4.78 is 44.2. The average molecular weight is 414 g/mol. The van der Waals surface area contributed by atoms with Crippen LogP contribution in [-0.2, 0) is 6.54 Å². The second-order valence-electron chi connectivity index (χ2n) is 6.12. The van der Waals surface area contributed by atoms with Crippen molar-refractivity contribution in [1.29, 1.82) is 0 Å². The summed E-state index contributed by atoms with van der Waals surface area (Å²) in [6, 6.07) is 2.11. The summed E-state index contributed by atoms with van der Waals surface area (Å²) in [4.78, 5) is 31.6. The van der Waals surface area contributed by atoms with Gasteiger partial charge in [0.2, 0.25) is 0 Å². The fourth-order valence-electron chi connectivity index (χ4n) is 3.18. The van der Waals surface area contributed by atoms with Crippen LogP contribution < -0.4 is 5.56 Å². The molecule has 0 spiro atoms. The summed E-state index contributed by atoms with van der Waals surface area (Å²) in [5, 5.41) is 0.0435. The van der Waals surface area contributed by atoms with E-state index in [1.54, 1.807) is 16.3 Å². The molecule has 0 saturated carbocycles. The van der Waals surface area contributed by atoms with E-state index in [9.17, 15) is 18.0 Å². The molecule has 0 atom stereocenters. The summed E-state index contributed by atoms with van der Waals surface area (Å²) >= 11 is 1.31. The lowest BCUT2D eigenvalue weighted by Crippen LogP contribution is -2.17. The van der Waals surface area contributed by atoms with Gasteiger partial charge in [0, 0.05) is 29.5 Å². The Morgan fingerprint density at radius 3 is 2.72 bits per heavy atom. The van der Waals surface area contributed by atoms with Gasteiger partial charge < -0.3 is 9.55 Å². The Morgan fingerprint density at radius 2 is 1.93 bits per heavy atom. The molecule has 0 radical (unpaired) electrons. The van der Waals surface area contributed by atoms with Crippen LogP contribution in [0.5, 0.6) is 0 Å². The highest BCUT2D eigenvalue weighted by atomic mass is 32.1. The summed E-state index contributed by atoms with van der Waals surface area (Å²) in [6.07, 6.45) is 4.51. The maximum Gasteiger partial charge on any atom is 0.284 e. The highest BCUT2D eigenvalue weighted by Gasteiger charge is 2.21. The summed E-state index contributed by atoms with van der Waals surface area (Å²) in [7, 11) is 0. The van der Waals surface area contributed by atoms with Gasteiger partial charge in [-0.3, -0.25) is 9.78 Å². The third-order valence-corrected chi connectivity index (χ3v) is 5.24. The third-order valence-electron chi connectivity index (χ3n) is 4.48. The van der Waals surface area contributed by atoms with E-state index in [1.807, 2.05) is 0 Å². The Morgan fingerprint density at radius 1 is 1.10 bits per heavy atom. The molecule has 29 heavy (non-hydrogen) atoms. The number of aromatic amines is 1. The Labute approximate surface area is 163 Å². The molecule has 0 unspecified atom stereocenters. The van der Waals surface area contributed by atoms with Crippen LogP contribution in [0.1, 0.15) is 5.56 Å². The van der Waals surface area contributed by atoms with Crippen LogP contribution in [0.2, 0.25) is 0 Å². The number of rotatable bonds is 3. The van der Waals surface area contributed by atoms with Gasteiger partial charge in [0.25, 0.3) is 5.56 Å². The lowest BCUT2D eigenvalue weighted by molar-refractivity contribution is 0.514. The summed E-state index contributed by atoms with van der Waals surface area (Å²) in [6.45, 7) is -0.195. The monoisotopic (exact) mass is 414 g/mol. The zero-order chi connectivity index (χ0) is 20.1. The van der Waals surface area contributed by atoms with E-state index in [-0.39, 0.29) is 17.5 Å². The molecule has 0 aliphatic heterocycles. The van der Waals surface area contributed by atoms with Gasteiger partial charge in [0.05, 0.1) is 22.4 Å². The largest absolute Gasteiger partial charge is 0.317 e. The zero-order valence-electron chi connectivity index (χ0n) is 14.4. The number of thiazole rings is 1. The molecule has 4 heterocycles. The van der Waals surface area contributed by atoms with E-state index in [0.29, 0.717) is 22.0 Å². The van der Waals surface area contributed by atoms with Gasteiger partial charge in [0.15, 0.2) is 34.6 Å². The number of benzene rings is 1. The number of nitrogens with zero attached hydrogens (tertiary/aromatic N) is 5. The molecule has 11 heteroatoms. The molecule has 0 bridgehead atoms. The maximum atomic E-state index is 14.8. The molecule has 1 N–H and O–H groups in total. The molecule has 7 nitrogen and oxygen atoms in total. The third kappa shape index (κ3) is 2.70. The molecule has 4 aromatic heterocycles. The quantitative estimate of drug-likeness (QED) is 0.490. The van der Waals surface area contributed by atoms with Gasteiger partial charge in [-0.05, 0) is 12.1 Å². The van der Waals surface area contributed by atoms with E-state index in [0.717, 1.165) is 6.07 Å². The van der Waals surface area contributed by atoms with Crippen molar-refractivity contribution in [2.24, 2.45) is 0 Å². The van der Waals surface area contributed by atoms with Crippen molar-refractivity contribution in [3.05, 3.63) is 69.6 Å². The van der Waals surface area contributed by atoms with E-state index in [1.165, 1.54) is 29.8 Å². The first-order valence-corrected chi connectivity index (χ1v) is 9.17. The average Bonchev–Trinajstić information content (AvgIpc) is 3.37. The van der Waals surface area contributed by atoms with E-state index >= 15 is 0 Å². The van der Waals surface area contributed by atoms with Crippen molar-refractivity contribution >= 4 is 33.5 Å². The minimum absolute atomic E-state index is 0.0435.